The number of alkyl halides is 3. The van der Waals surface area contributed by atoms with Gasteiger partial charge in [-0.15, -0.1) is 0 Å². The topological polar surface area (TPSA) is 126 Å². The summed E-state index contributed by atoms with van der Waals surface area (Å²) in [6.45, 7) is 1.44. The van der Waals surface area contributed by atoms with Crippen LogP contribution in [0.5, 0.6) is 11.5 Å². The highest BCUT2D eigenvalue weighted by atomic mass is 19.4. The summed E-state index contributed by atoms with van der Waals surface area (Å²) in [6.07, 6.45) is -5.07. The van der Waals surface area contributed by atoms with Crippen molar-refractivity contribution in [2.45, 2.75) is 13.1 Å². The van der Waals surface area contributed by atoms with Crippen LogP contribution in [0.2, 0.25) is 0 Å². The van der Waals surface area contributed by atoms with Gasteiger partial charge >= 0.3 is 23.2 Å². The van der Waals surface area contributed by atoms with E-state index in [-0.39, 0.29) is 29.0 Å². The highest BCUT2D eigenvalue weighted by Gasteiger charge is 2.39. The van der Waals surface area contributed by atoms with Crippen molar-refractivity contribution in [3.05, 3.63) is 102 Å². The SMILES string of the molecule is Cc1c(Oc2c([N+](=O)[O-])cc(C(F)(F)F)cc2[N+](=O)[O-])ccc2c(-c3ccccc3)cc(=O)oc12. The molecule has 12 heteroatoms. The molecule has 0 aliphatic rings. The van der Waals surface area contributed by atoms with Crippen LogP contribution in [0.25, 0.3) is 22.1 Å². The number of hydrogen-bond donors (Lipinski definition) is 0. The van der Waals surface area contributed by atoms with Crippen molar-refractivity contribution in [1.82, 2.24) is 0 Å². The number of halogens is 3. The molecule has 4 aromatic rings. The summed E-state index contributed by atoms with van der Waals surface area (Å²) in [5, 5.41) is 23.5. The number of ether oxygens (including phenoxy) is 1. The van der Waals surface area contributed by atoms with Crippen LogP contribution in [0, 0.1) is 27.2 Å². The largest absolute Gasteiger partial charge is 0.444 e. The van der Waals surface area contributed by atoms with E-state index >= 15 is 0 Å². The van der Waals surface area contributed by atoms with Crippen LogP contribution in [0.4, 0.5) is 24.5 Å². The minimum atomic E-state index is -5.07. The average Bonchev–Trinajstić information content (AvgIpc) is 2.80. The van der Waals surface area contributed by atoms with Gasteiger partial charge in [0.15, 0.2) is 0 Å². The lowest BCUT2D eigenvalue weighted by molar-refractivity contribution is -0.396. The molecule has 0 radical (unpaired) electrons. The number of benzene rings is 3. The Hall–Kier alpha value is -4.74. The van der Waals surface area contributed by atoms with Crippen LogP contribution in [-0.2, 0) is 6.18 Å². The molecule has 0 fully saturated rings. The van der Waals surface area contributed by atoms with Gasteiger partial charge in [-0.1, -0.05) is 30.3 Å². The van der Waals surface area contributed by atoms with Gasteiger partial charge in [0.05, 0.1) is 15.4 Å². The number of nitro groups is 2. The van der Waals surface area contributed by atoms with Crippen LogP contribution in [0.15, 0.2) is 69.9 Å². The van der Waals surface area contributed by atoms with E-state index in [0.717, 1.165) is 0 Å². The second kappa shape index (κ2) is 8.56. The third kappa shape index (κ3) is 4.40. The monoisotopic (exact) mass is 486 g/mol. The van der Waals surface area contributed by atoms with Gasteiger partial charge in [0, 0.05) is 29.1 Å². The maximum atomic E-state index is 13.2. The molecule has 0 spiro atoms. The second-order valence-electron chi connectivity index (χ2n) is 7.37. The molecule has 0 saturated carbocycles. The van der Waals surface area contributed by atoms with Gasteiger partial charge in [-0.25, -0.2) is 4.79 Å². The predicted octanol–water partition coefficient (Wildman–Crippen LogP) is 6.40. The van der Waals surface area contributed by atoms with E-state index in [1.54, 1.807) is 30.3 Å². The maximum absolute atomic E-state index is 13.2. The Morgan fingerprint density at radius 2 is 1.51 bits per heavy atom. The first-order chi connectivity index (χ1) is 16.5. The minimum Gasteiger partial charge on any atom is -0.444 e. The molecule has 9 nitrogen and oxygen atoms in total. The molecule has 0 aliphatic carbocycles. The van der Waals surface area contributed by atoms with Crippen molar-refractivity contribution >= 4 is 22.3 Å². The summed E-state index contributed by atoms with van der Waals surface area (Å²) in [5.74, 6) is -1.17. The Morgan fingerprint density at radius 1 is 0.914 bits per heavy atom. The molecule has 0 N–H and O–H groups in total. The van der Waals surface area contributed by atoms with E-state index in [0.29, 0.717) is 16.5 Å². The van der Waals surface area contributed by atoms with Gasteiger partial charge in [0.1, 0.15) is 11.3 Å². The number of nitro benzene ring substituents is 2. The van der Waals surface area contributed by atoms with E-state index in [4.69, 9.17) is 9.15 Å². The zero-order valence-electron chi connectivity index (χ0n) is 17.7. The third-order valence-corrected chi connectivity index (χ3v) is 5.18. The fraction of sp³-hybridized carbons (Fsp3) is 0.0870. The number of hydrogen-bond acceptors (Lipinski definition) is 7. The van der Waals surface area contributed by atoms with E-state index < -0.39 is 44.3 Å². The molecule has 178 valence electrons. The van der Waals surface area contributed by atoms with Crippen molar-refractivity contribution in [3.8, 4) is 22.6 Å². The van der Waals surface area contributed by atoms with Gasteiger partial charge in [-0.3, -0.25) is 20.2 Å². The van der Waals surface area contributed by atoms with Crippen LogP contribution >= 0.6 is 0 Å². The predicted molar refractivity (Wildman–Crippen MR) is 117 cm³/mol. The van der Waals surface area contributed by atoms with Gasteiger partial charge in [0.2, 0.25) is 0 Å². The van der Waals surface area contributed by atoms with Crippen molar-refractivity contribution in [3.63, 3.8) is 0 Å². The maximum Gasteiger partial charge on any atom is 0.416 e. The minimum absolute atomic E-state index is 0.0473. The van der Waals surface area contributed by atoms with Gasteiger partial charge in [-0.05, 0) is 30.2 Å². The highest BCUT2D eigenvalue weighted by molar-refractivity contribution is 5.95. The van der Waals surface area contributed by atoms with Gasteiger partial charge in [-0.2, -0.15) is 13.2 Å². The van der Waals surface area contributed by atoms with Crippen LogP contribution in [0.3, 0.4) is 0 Å². The third-order valence-electron chi connectivity index (χ3n) is 5.18. The lowest BCUT2D eigenvalue weighted by Crippen LogP contribution is -2.08. The molecule has 0 amide bonds. The van der Waals surface area contributed by atoms with Crippen molar-refractivity contribution in [1.29, 1.82) is 0 Å². The van der Waals surface area contributed by atoms with Gasteiger partial charge in [0.25, 0.3) is 5.75 Å². The van der Waals surface area contributed by atoms with Crippen molar-refractivity contribution in [2.75, 3.05) is 0 Å². The number of aryl methyl sites for hydroxylation is 1. The molecular weight excluding hydrogens is 473 g/mol. The van der Waals surface area contributed by atoms with E-state index in [9.17, 15) is 38.2 Å². The molecule has 0 bridgehead atoms. The molecule has 3 aromatic carbocycles. The lowest BCUT2D eigenvalue weighted by atomic mass is 10.00. The number of fused-ring (bicyclic) bond motifs is 1. The quantitative estimate of drug-likeness (QED) is 0.182. The van der Waals surface area contributed by atoms with E-state index in [1.165, 1.54) is 25.1 Å². The lowest BCUT2D eigenvalue weighted by Gasteiger charge is -2.14. The molecule has 35 heavy (non-hydrogen) atoms. The fourth-order valence-electron chi connectivity index (χ4n) is 3.56. The van der Waals surface area contributed by atoms with Gasteiger partial charge < -0.3 is 9.15 Å². The standard InChI is InChI=1S/C23H13F3N2O7/c1-12-19(8-7-15-16(11-20(29)35-21(12)15)13-5-3-2-4-6-13)34-22-17(27(30)31)9-14(23(24,25)26)10-18(22)28(32)33/h2-11H,1H3. The van der Waals surface area contributed by atoms with Crippen molar-refractivity contribution in [2.24, 2.45) is 0 Å². The average molecular weight is 486 g/mol. The first kappa shape index (κ1) is 23.4. The molecular formula is C23H13F3N2O7. The summed E-state index contributed by atoms with van der Waals surface area (Å²) in [4.78, 5) is 32.8. The highest BCUT2D eigenvalue weighted by Crippen LogP contribution is 2.45. The van der Waals surface area contributed by atoms with Crippen LogP contribution in [-0.4, -0.2) is 9.85 Å². The molecule has 1 heterocycles. The molecule has 0 saturated heterocycles. The van der Waals surface area contributed by atoms with E-state index in [1.807, 2.05) is 0 Å². The first-order valence-electron chi connectivity index (χ1n) is 9.82. The van der Waals surface area contributed by atoms with Crippen LogP contribution in [0.1, 0.15) is 11.1 Å². The Kier molecular flexibility index (Phi) is 5.73. The second-order valence-corrected chi connectivity index (χ2v) is 7.37. The Balaban J connectivity index is 1.92. The summed E-state index contributed by atoms with van der Waals surface area (Å²) in [6, 6.07) is 13.3. The first-order valence-corrected chi connectivity index (χ1v) is 9.82. The molecule has 0 unspecified atom stereocenters. The molecule has 0 aliphatic heterocycles. The molecule has 1 aromatic heterocycles. The summed E-state index contributed by atoms with van der Waals surface area (Å²) < 4.78 is 50.2. The molecule has 4 rings (SSSR count). The Labute approximate surface area is 193 Å². The van der Waals surface area contributed by atoms with Crippen molar-refractivity contribution < 1.29 is 32.2 Å². The summed E-state index contributed by atoms with van der Waals surface area (Å²) in [7, 11) is 0. The Morgan fingerprint density at radius 3 is 2.06 bits per heavy atom. The molecule has 0 atom stereocenters. The summed E-state index contributed by atoms with van der Waals surface area (Å²) in [5.41, 5.74) is -3.34. The smallest absolute Gasteiger partial charge is 0.416 e. The number of nitrogens with zero attached hydrogens (tertiary/aromatic N) is 2. The van der Waals surface area contributed by atoms with Crippen LogP contribution < -0.4 is 10.4 Å². The normalized spacial score (nSPS) is 11.4. The van der Waals surface area contributed by atoms with E-state index in [2.05, 4.69) is 0 Å². The fourth-order valence-corrected chi connectivity index (χ4v) is 3.56. The Bertz CT molecular complexity index is 1510. The zero-order valence-corrected chi connectivity index (χ0v) is 17.7. The summed E-state index contributed by atoms with van der Waals surface area (Å²) >= 11 is 0. The zero-order chi connectivity index (χ0) is 25.5. The number of rotatable bonds is 5.